The summed E-state index contributed by atoms with van der Waals surface area (Å²) in [6, 6.07) is 12.0. The molecular formula is C16H25N. The zero-order valence-corrected chi connectivity index (χ0v) is 11.3. The van der Waals surface area contributed by atoms with E-state index in [4.69, 9.17) is 0 Å². The van der Waals surface area contributed by atoms with Crippen LogP contribution in [0.15, 0.2) is 30.3 Å². The monoisotopic (exact) mass is 231 g/mol. The lowest BCUT2D eigenvalue weighted by Gasteiger charge is -2.27. The van der Waals surface area contributed by atoms with Gasteiger partial charge in [-0.1, -0.05) is 57.0 Å². The zero-order chi connectivity index (χ0) is 12.3. The van der Waals surface area contributed by atoms with E-state index < -0.39 is 0 Å². The minimum atomic E-state index is 0.491. The van der Waals surface area contributed by atoms with Gasteiger partial charge in [0.05, 0.1) is 0 Å². The molecule has 2 rings (SSSR count). The van der Waals surface area contributed by atoms with Gasteiger partial charge in [0, 0.05) is 12.1 Å². The van der Waals surface area contributed by atoms with Gasteiger partial charge >= 0.3 is 0 Å². The van der Waals surface area contributed by atoms with Crippen LogP contribution < -0.4 is 5.32 Å². The fraction of sp³-hybridized carbons (Fsp3) is 0.625. The average molecular weight is 231 g/mol. The van der Waals surface area contributed by atoms with Crippen LogP contribution in [0, 0.1) is 11.8 Å². The molecule has 1 N–H and O–H groups in total. The van der Waals surface area contributed by atoms with E-state index in [9.17, 15) is 0 Å². The fourth-order valence-electron chi connectivity index (χ4n) is 2.56. The molecule has 1 saturated carbocycles. The molecule has 0 aliphatic heterocycles. The Morgan fingerprint density at radius 1 is 1.12 bits per heavy atom. The van der Waals surface area contributed by atoms with Crippen LogP contribution in [0.25, 0.3) is 0 Å². The molecule has 0 radical (unpaired) electrons. The molecule has 0 spiro atoms. The molecule has 17 heavy (non-hydrogen) atoms. The number of benzene rings is 1. The van der Waals surface area contributed by atoms with Gasteiger partial charge in [0.15, 0.2) is 0 Å². The number of hydrogen-bond donors (Lipinski definition) is 1. The summed E-state index contributed by atoms with van der Waals surface area (Å²) in [5, 5.41) is 3.80. The van der Waals surface area contributed by atoms with Gasteiger partial charge in [-0.2, -0.15) is 0 Å². The summed E-state index contributed by atoms with van der Waals surface area (Å²) in [6.07, 6.45) is 4.24. The van der Waals surface area contributed by atoms with Crippen molar-refractivity contribution in [3.8, 4) is 0 Å². The molecular weight excluding hydrogens is 206 g/mol. The normalized spacial score (nSPS) is 19.3. The fourth-order valence-corrected chi connectivity index (χ4v) is 2.56. The third-order valence-corrected chi connectivity index (χ3v) is 3.67. The second kappa shape index (κ2) is 5.68. The van der Waals surface area contributed by atoms with Crippen LogP contribution in [0.5, 0.6) is 0 Å². The summed E-state index contributed by atoms with van der Waals surface area (Å²) < 4.78 is 0. The summed E-state index contributed by atoms with van der Waals surface area (Å²) in [7, 11) is 0. The molecule has 1 nitrogen and oxygen atoms in total. The summed E-state index contributed by atoms with van der Waals surface area (Å²) in [5.41, 5.74) is 1.42. The Bertz CT molecular complexity index is 327. The van der Waals surface area contributed by atoms with E-state index in [1.54, 1.807) is 0 Å². The van der Waals surface area contributed by atoms with Gasteiger partial charge in [-0.05, 0) is 30.7 Å². The lowest BCUT2D eigenvalue weighted by molar-refractivity contribution is 0.352. The summed E-state index contributed by atoms with van der Waals surface area (Å²) in [6.45, 7) is 6.93. The molecule has 0 amide bonds. The lowest BCUT2D eigenvalue weighted by Crippen LogP contribution is -2.33. The molecule has 2 atom stereocenters. The molecule has 0 saturated heterocycles. The first-order valence-electron chi connectivity index (χ1n) is 6.98. The Hall–Kier alpha value is -0.820. The first-order chi connectivity index (χ1) is 8.16. The number of nitrogens with one attached hydrogen (secondary N) is 1. The number of hydrogen-bond acceptors (Lipinski definition) is 1. The lowest BCUT2D eigenvalue weighted by atomic mass is 9.95. The third-order valence-electron chi connectivity index (χ3n) is 3.67. The van der Waals surface area contributed by atoms with E-state index in [1.165, 1.54) is 24.8 Å². The van der Waals surface area contributed by atoms with Crippen LogP contribution in [0.4, 0.5) is 0 Å². The highest BCUT2D eigenvalue weighted by molar-refractivity contribution is 5.19. The Morgan fingerprint density at radius 3 is 2.29 bits per heavy atom. The van der Waals surface area contributed by atoms with E-state index in [-0.39, 0.29) is 0 Å². The van der Waals surface area contributed by atoms with Crippen molar-refractivity contribution >= 4 is 0 Å². The molecule has 1 aliphatic rings. The van der Waals surface area contributed by atoms with Gasteiger partial charge in [-0.25, -0.2) is 0 Å². The summed E-state index contributed by atoms with van der Waals surface area (Å²) >= 11 is 0. The maximum absolute atomic E-state index is 3.80. The summed E-state index contributed by atoms with van der Waals surface area (Å²) in [4.78, 5) is 0. The minimum Gasteiger partial charge on any atom is -0.307 e. The van der Waals surface area contributed by atoms with Crippen LogP contribution in [0.1, 0.15) is 51.6 Å². The van der Waals surface area contributed by atoms with Crippen molar-refractivity contribution in [1.29, 1.82) is 0 Å². The first kappa shape index (κ1) is 12.6. The smallest absolute Gasteiger partial charge is 0.0345 e. The maximum Gasteiger partial charge on any atom is 0.0345 e. The SMILES string of the molecule is CC(CC1CC1)NC(c1ccccc1)C(C)C. The standard InChI is InChI=1S/C16H25N/c1-12(2)16(15-7-5-4-6-8-15)17-13(3)11-14-9-10-14/h4-8,12-14,16-17H,9-11H2,1-3H3. The Labute approximate surface area is 106 Å². The number of rotatable bonds is 6. The summed E-state index contributed by atoms with van der Waals surface area (Å²) in [5.74, 6) is 1.64. The molecule has 1 aromatic carbocycles. The minimum absolute atomic E-state index is 0.491. The van der Waals surface area contributed by atoms with Crippen LogP contribution in [-0.4, -0.2) is 6.04 Å². The maximum atomic E-state index is 3.80. The van der Waals surface area contributed by atoms with Crippen LogP contribution in [0.3, 0.4) is 0 Å². The second-order valence-corrected chi connectivity index (χ2v) is 5.88. The van der Waals surface area contributed by atoms with E-state index >= 15 is 0 Å². The molecule has 1 heteroatoms. The van der Waals surface area contributed by atoms with Crippen molar-refractivity contribution in [2.45, 2.75) is 52.1 Å². The molecule has 0 heterocycles. The molecule has 0 bridgehead atoms. The first-order valence-corrected chi connectivity index (χ1v) is 6.98. The third kappa shape index (κ3) is 3.85. The van der Waals surface area contributed by atoms with Crippen molar-refractivity contribution in [3.63, 3.8) is 0 Å². The van der Waals surface area contributed by atoms with E-state index in [0.717, 1.165) is 5.92 Å². The van der Waals surface area contributed by atoms with Gasteiger partial charge in [0.1, 0.15) is 0 Å². The van der Waals surface area contributed by atoms with Crippen molar-refractivity contribution in [3.05, 3.63) is 35.9 Å². The Balaban J connectivity index is 1.96. The Morgan fingerprint density at radius 2 is 1.76 bits per heavy atom. The van der Waals surface area contributed by atoms with Crippen molar-refractivity contribution < 1.29 is 0 Å². The zero-order valence-electron chi connectivity index (χ0n) is 11.3. The molecule has 94 valence electrons. The molecule has 2 unspecified atom stereocenters. The van der Waals surface area contributed by atoms with E-state index in [1.807, 2.05) is 0 Å². The van der Waals surface area contributed by atoms with Gasteiger partial charge < -0.3 is 5.32 Å². The predicted octanol–water partition coefficient (Wildman–Crippen LogP) is 4.16. The van der Waals surface area contributed by atoms with Crippen molar-refractivity contribution in [2.75, 3.05) is 0 Å². The van der Waals surface area contributed by atoms with Gasteiger partial charge in [-0.15, -0.1) is 0 Å². The van der Waals surface area contributed by atoms with Crippen molar-refractivity contribution in [2.24, 2.45) is 11.8 Å². The van der Waals surface area contributed by atoms with E-state index in [0.29, 0.717) is 18.0 Å². The molecule has 0 aromatic heterocycles. The van der Waals surface area contributed by atoms with Crippen LogP contribution >= 0.6 is 0 Å². The quantitative estimate of drug-likeness (QED) is 0.775. The van der Waals surface area contributed by atoms with Gasteiger partial charge in [0.2, 0.25) is 0 Å². The Kier molecular flexibility index (Phi) is 4.22. The largest absolute Gasteiger partial charge is 0.307 e. The van der Waals surface area contributed by atoms with Crippen LogP contribution in [-0.2, 0) is 0 Å². The van der Waals surface area contributed by atoms with Gasteiger partial charge in [-0.3, -0.25) is 0 Å². The average Bonchev–Trinajstić information content (AvgIpc) is 3.10. The molecule has 1 aromatic rings. The topological polar surface area (TPSA) is 12.0 Å². The molecule has 1 fully saturated rings. The predicted molar refractivity (Wildman–Crippen MR) is 74.0 cm³/mol. The van der Waals surface area contributed by atoms with Crippen molar-refractivity contribution in [1.82, 2.24) is 5.32 Å². The second-order valence-electron chi connectivity index (χ2n) is 5.88. The van der Waals surface area contributed by atoms with Crippen LogP contribution in [0.2, 0.25) is 0 Å². The van der Waals surface area contributed by atoms with Gasteiger partial charge in [0.25, 0.3) is 0 Å². The molecule has 1 aliphatic carbocycles. The highest BCUT2D eigenvalue weighted by Crippen LogP contribution is 2.34. The highest BCUT2D eigenvalue weighted by atomic mass is 15.0. The van der Waals surface area contributed by atoms with E-state index in [2.05, 4.69) is 56.4 Å². The highest BCUT2D eigenvalue weighted by Gasteiger charge is 2.25.